The van der Waals surface area contributed by atoms with Crippen molar-refractivity contribution in [3.8, 4) is 0 Å². The summed E-state index contributed by atoms with van der Waals surface area (Å²) >= 11 is 0. The highest BCUT2D eigenvalue weighted by Crippen LogP contribution is 2.60. The number of aliphatic hydroxyl groups is 3. The van der Waals surface area contributed by atoms with E-state index in [1.807, 2.05) is 0 Å². The molecule has 0 aromatic heterocycles. The molecule has 3 N–H and O–H groups in total. The van der Waals surface area contributed by atoms with Gasteiger partial charge < -0.3 is 20.1 Å². The van der Waals surface area contributed by atoms with Gasteiger partial charge in [-0.2, -0.15) is 0 Å². The number of aliphatic hydroxyl groups excluding tert-OH is 3. The fourth-order valence-corrected chi connectivity index (χ4v) is 7.95. The standard InChI is InChI=1S/C31H46O5/c1-18(16-28-19(2)20(3)30(35)36-28)25-12-13-26-22(8-6-14-31(25,26)5)10-11-23-17-27(33)24(9-7-15-32)29(34)21(23)4/h10-11,18-19,24-29,32-34H,3-4,6-9,12-17H2,1-2,5H3/t18-,19+,24+,25-,26+,27-,28+,29-,31-/m1/s1. The first-order valence-corrected chi connectivity index (χ1v) is 14.0. The van der Waals surface area contributed by atoms with E-state index in [0.29, 0.717) is 48.2 Å². The van der Waals surface area contributed by atoms with Gasteiger partial charge in [0.05, 0.1) is 12.2 Å². The van der Waals surface area contributed by atoms with E-state index >= 15 is 0 Å². The molecule has 1 saturated heterocycles. The first-order valence-electron chi connectivity index (χ1n) is 14.0. The van der Waals surface area contributed by atoms with E-state index in [9.17, 15) is 15.0 Å². The van der Waals surface area contributed by atoms with Crippen LogP contribution in [0.3, 0.4) is 0 Å². The molecular formula is C31H46O5. The van der Waals surface area contributed by atoms with Crippen molar-refractivity contribution in [3.05, 3.63) is 47.6 Å². The average Bonchev–Trinajstić information content (AvgIpc) is 3.32. The summed E-state index contributed by atoms with van der Waals surface area (Å²) in [6.07, 6.45) is 11.4. The molecule has 0 aromatic carbocycles. The van der Waals surface area contributed by atoms with Crippen LogP contribution in [0, 0.1) is 35.0 Å². The smallest absolute Gasteiger partial charge is 0.334 e. The molecule has 4 aliphatic rings. The van der Waals surface area contributed by atoms with Crippen LogP contribution >= 0.6 is 0 Å². The second-order valence-electron chi connectivity index (χ2n) is 12.3. The van der Waals surface area contributed by atoms with Crippen molar-refractivity contribution in [2.75, 3.05) is 6.61 Å². The Balaban J connectivity index is 1.46. The lowest BCUT2D eigenvalue weighted by Gasteiger charge is -2.44. The zero-order valence-corrected chi connectivity index (χ0v) is 22.4. The molecule has 0 amide bonds. The van der Waals surface area contributed by atoms with Crippen molar-refractivity contribution in [1.82, 2.24) is 0 Å². The molecule has 0 bridgehead atoms. The predicted molar refractivity (Wildman–Crippen MR) is 142 cm³/mol. The molecule has 5 heteroatoms. The monoisotopic (exact) mass is 498 g/mol. The molecule has 1 heterocycles. The number of hydrogen-bond acceptors (Lipinski definition) is 5. The number of ether oxygens (including phenoxy) is 1. The van der Waals surface area contributed by atoms with Crippen LogP contribution < -0.4 is 0 Å². The minimum absolute atomic E-state index is 0.0534. The van der Waals surface area contributed by atoms with Crippen molar-refractivity contribution in [2.24, 2.45) is 35.0 Å². The molecule has 1 aliphatic heterocycles. The number of rotatable bonds is 7. The largest absolute Gasteiger partial charge is 0.458 e. The predicted octanol–water partition coefficient (Wildman–Crippen LogP) is 5.27. The minimum atomic E-state index is -0.763. The Kier molecular flexibility index (Phi) is 8.33. The molecule has 0 spiro atoms. The summed E-state index contributed by atoms with van der Waals surface area (Å²) in [4.78, 5) is 12.0. The average molecular weight is 499 g/mol. The zero-order valence-electron chi connectivity index (χ0n) is 22.4. The summed E-state index contributed by atoms with van der Waals surface area (Å²) in [5.74, 6) is 1.21. The first-order chi connectivity index (χ1) is 17.1. The fraction of sp³-hybridized carbons (Fsp3) is 0.710. The van der Waals surface area contributed by atoms with Gasteiger partial charge in [-0.25, -0.2) is 4.79 Å². The van der Waals surface area contributed by atoms with Gasteiger partial charge in [-0.05, 0) is 92.1 Å². The van der Waals surface area contributed by atoms with Crippen molar-refractivity contribution in [1.29, 1.82) is 0 Å². The number of allylic oxidation sites excluding steroid dienone is 3. The number of hydrogen-bond donors (Lipinski definition) is 3. The topological polar surface area (TPSA) is 87.0 Å². The Bertz CT molecular complexity index is 931. The highest BCUT2D eigenvalue weighted by molar-refractivity contribution is 5.90. The zero-order chi connectivity index (χ0) is 26.2. The van der Waals surface area contributed by atoms with Crippen LogP contribution in [0.25, 0.3) is 0 Å². The third kappa shape index (κ3) is 5.04. The molecule has 4 fully saturated rings. The number of carbonyl (C=O) groups excluding carboxylic acids is 1. The Morgan fingerprint density at radius 1 is 1.19 bits per heavy atom. The van der Waals surface area contributed by atoms with Crippen molar-refractivity contribution < 1.29 is 24.9 Å². The van der Waals surface area contributed by atoms with Gasteiger partial charge in [0.15, 0.2) is 0 Å². The Hall–Kier alpha value is -1.69. The van der Waals surface area contributed by atoms with Gasteiger partial charge in [0.25, 0.3) is 0 Å². The van der Waals surface area contributed by atoms with Crippen LogP contribution in [0.2, 0.25) is 0 Å². The fourth-order valence-electron chi connectivity index (χ4n) is 7.95. The Morgan fingerprint density at radius 3 is 2.61 bits per heavy atom. The molecule has 5 nitrogen and oxygen atoms in total. The normalized spacial score (nSPS) is 42.2. The molecule has 36 heavy (non-hydrogen) atoms. The van der Waals surface area contributed by atoms with Gasteiger partial charge in [0, 0.05) is 24.0 Å². The van der Waals surface area contributed by atoms with Gasteiger partial charge in [-0.3, -0.25) is 0 Å². The van der Waals surface area contributed by atoms with E-state index < -0.39 is 12.2 Å². The van der Waals surface area contributed by atoms with Crippen LogP contribution in [0.5, 0.6) is 0 Å². The van der Waals surface area contributed by atoms with E-state index in [0.717, 1.165) is 18.4 Å². The third-order valence-electron chi connectivity index (χ3n) is 10.2. The van der Waals surface area contributed by atoms with Crippen molar-refractivity contribution in [2.45, 2.75) is 96.9 Å². The Labute approximate surface area is 217 Å². The third-order valence-corrected chi connectivity index (χ3v) is 10.2. The van der Waals surface area contributed by atoms with Gasteiger partial charge in [0.1, 0.15) is 6.10 Å². The maximum atomic E-state index is 12.0. The lowest BCUT2D eigenvalue weighted by molar-refractivity contribution is -0.140. The highest BCUT2D eigenvalue weighted by Gasteiger charge is 2.51. The molecule has 0 aromatic rings. The number of carbonyl (C=O) groups is 1. The summed E-state index contributed by atoms with van der Waals surface area (Å²) in [5.41, 5.74) is 3.98. The van der Waals surface area contributed by atoms with E-state index in [1.54, 1.807) is 0 Å². The van der Waals surface area contributed by atoms with Crippen molar-refractivity contribution in [3.63, 3.8) is 0 Å². The van der Waals surface area contributed by atoms with E-state index in [-0.39, 0.29) is 35.9 Å². The number of cyclic esters (lactones) is 1. The number of esters is 1. The van der Waals surface area contributed by atoms with Crippen LogP contribution in [0.1, 0.15) is 78.6 Å². The molecule has 3 aliphatic carbocycles. The molecule has 200 valence electrons. The van der Waals surface area contributed by atoms with E-state index in [2.05, 4.69) is 46.1 Å². The first kappa shape index (κ1) is 27.3. The minimum Gasteiger partial charge on any atom is -0.458 e. The van der Waals surface area contributed by atoms with Gasteiger partial charge >= 0.3 is 5.97 Å². The van der Waals surface area contributed by atoms with Crippen LogP contribution in [-0.2, 0) is 9.53 Å². The van der Waals surface area contributed by atoms with Gasteiger partial charge in [-0.1, -0.05) is 51.7 Å². The highest BCUT2D eigenvalue weighted by atomic mass is 16.6. The van der Waals surface area contributed by atoms with Crippen molar-refractivity contribution >= 4 is 5.97 Å². The van der Waals surface area contributed by atoms with Crippen LogP contribution in [-0.4, -0.2) is 46.2 Å². The second-order valence-corrected chi connectivity index (χ2v) is 12.3. The quantitative estimate of drug-likeness (QED) is 0.329. The summed E-state index contributed by atoms with van der Waals surface area (Å²) in [7, 11) is 0. The lowest BCUT2D eigenvalue weighted by Crippen LogP contribution is -2.38. The summed E-state index contributed by atoms with van der Waals surface area (Å²) < 4.78 is 5.65. The SMILES string of the molecule is C=C1C(=CC=C2CCC[C@]3(C)[C@@H]([C@H](C)C[C@@H]4OC(=O)C(=C)[C@@H]4C)CC[C@@H]23)C[C@@H](O)[C@H](CCCO)[C@@H]1O. The molecular weight excluding hydrogens is 452 g/mol. The van der Waals surface area contributed by atoms with E-state index in [4.69, 9.17) is 9.84 Å². The summed E-state index contributed by atoms with van der Waals surface area (Å²) in [6, 6.07) is 0. The maximum absolute atomic E-state index is 12.0. The lowest BCUT2D eigenvalue weighted by atomic mass is 9.60. The Morgan fingerprint density at radius 2 is 1.94 bits per heavy atom. The molecule has 0 unspecified atom stereocenters. The van der Waals surface area contributed by atoms with Crippen LogP contribution in [0.15, 0.2) is 47.6 Å². The van der Waals surface area contributed by atoms with Gasteiger partial charge in [-0.15, -0.1) is 0 Å². The molecule has 4 rings (SSSR count). The molecule has 9 atom stereocenters. The molecule has 0 radical (unpaired) electrons. The second kappa shape index (κ2) is 11.0. The van der Waals surface area contributed by atoms with Crippen LogP contribution in [0.4, 0.5) is 0 Å². The molecule has 3 saturated carbocycles. The van der Waals surface area contributed by atoms with Gasteiger partial charge in [0.2, 0.25) is 0 Å². The summed E-state index contributed by atoms with van der Waals surface area (Å²) in [6.45, 7) is 15.0. The maximum Gasteiger partial charge on any atom is 0.334 e. The summed E-state index contributed by atoms with van der Waals surface area (Å²) in [5, 5.41) is 30.6. The van der Waals surface area contributed by atoms with E-state index in [1.165, 1.54) is 31.3 Å². The number of fused-ring (bicyclic) bond motifs is 1.